The van der Waals surface area contributed by atoms with Gasteiger partial charge in [0.1, 0.15) is 0 Å². The summed E-state index contributed by atoms with van der Waals surface area (Å²) in [4.78, 5) is 14.7. The number of hydrogen-bond donors (Lipinski definition) is 0. The van der Waals surface area contributed by atoms with E-state index in [0.717, 1.165) is 24.4 Å². The Hall–Kier alpha value is -1.37. The van der Waals surface area contributed by atoms with Crippen LogP contribution in [0.15, 0.2) is 12.4 Å². The molecule has 0 spiro atoms. The van der Waals surface area contributed by atoms with Crippen molar-refractivity contribution in [2.24, 2.45) is 17.8 Å². The molecule has 1 aromatic heterocycles. The van der Waals surface area contributed by atoms with Crippen molar-refractivity contribution in [2.75, 3.05) is 18.1 Å². The van der Waals surface area contributed by atoms with E-state index < -0.39 is 9.84 Å². The fraction of sp³-hybridized carbons (Fsp3) is 0.750. The highest BCUT2D eigenvalue weighted by molar-refractivity contribution is 7.91. The number of nitrogens with zero attached hydrogens (tertiary/aromatic N) is 3. The van der Waals surface area contributed by atoms with E-state index in [2.05, 4.69) is 5.10 Å². The zero-order valence-corrected chi connectivity index (χ0v) is 14.2. The Morgan fingerprint density at radius 1 is 1.39 bits per heavy atom. The maximum Gasteiger partial charge on any atom is 0.226 e. The Labute approximate surface area is 136 Å². The lowest BCUT2D eigenvalue weighted by atomic mass is 10.1. The maximum absolute atomic E-state index is 12.9. The molecule has 3 fully saturated rings. The largest absolute Gasteiger partial charge is 0.333 e. The van der Waals surface area contributed by atoms with Crippen LogP contribution in [0.25, 0.3) is 0 Å². The van der Waals surface area contributed by atoms with E-state index in [1.807, 2.05) is 18.0 Å². The molecule has 23 heavy (non-hydrogen) atoms. The molecule has 4 rings (SSSR count). The van der Waals surface area contributed by atoms with E-state index in [-0.39, 0.29) is 29.4 Å². The van der Waals surface area contributed by atoms with Gasteiger partial charge in [-0.15, -0.1) is 0 Å². The van der Waals surface area contributed by atoms with Crippen LogP contribution < -0.4 is 0 Å². The predicted octanol–water partition coefficient (Wildman–Crippen LogP) is 1.25. The third-order valence-corrected chi connectivity index (χ3v) is 7.09. The van der Waals surface area contributed by atoms with Gasteiger partial charge in [-0.05, 0) is 38.0 Å². The van der Waals surface area contributed by atoms with Crippen LogP contribution in [0.3, 0.4) is 0 Å². The van der Waals surface area contributed by atoms with E-state index in [9.17, 15) is 13.2 Å². The first-order valence-corrected chi connectivity index (χ1v) is 10.3. The van der Waals surface area contributed by atoms with Crippen LogP contribution >= 0.6 is 0 Å². The second kappa shape index (κ2) is 5.33. The van der Waals surface area contributed by atoms with Crippen molar-refractivity contribution in [1.82, 2.24) is 14.7 Å². The highest BCUT2D eigenvalue weighted by Gasteiger charge is 2.53. The first-order chi connectivity index (χ1) is 11.0. The lowest BCUT2D eigenvalue weighted by Gasteiger charge is -2.35. The van der Waals surface area contributed by atoms with Crippen LogP contribution in [0.2, 0.25) is 0 Å². The molecule has 1 aliphatic heterocycles. The molecule has 0 aromatic carbocycles. The summed E-state index contributed by atoms with van der Waals surface area (Å²) in [5.74, 6) is 1.70. The highest BCUT2D eigenvalue weighted by Crippen LogP contribution is 2.55. The number of carbonyl (C=O) groups is 1. The second-order valence-electron chi connectivity index (χ2n) is 7.13. The molecule has 6 nitrogen and oxygen atoms in total. The molecule has 0 bridgehead atoms. The van der Waals surface area contributed by atoms with E-state index in [1.165, 1.54) is 12.8 Å². The number of hydrogen-bond acceptors (Lipinski definition) is 4. The predicted molar refractivity (Wildman–Crippen MR) is 85.3 cm³/mol. The molecule has 3 aliphatic rings. The Balaban J connectivity index is 1.56. The number of aromatic nitrogens is 2. The number of carbonyl (C=O) groups excluding carboxylic acids is 1. The molecular weight excluding hydrogens is 314 g/mol. The topological polar surface area (TPSA) is 72.3 Å². The molecule has 2 heterocycles. The molecule has 3 atom stereocenters. The average Bonchev–Trinajstić information content (AvgIpc) is 3.41. The monoisotopic (exact) mass is 337 g/mol. The van der Waals surface area contributed by atoms with E-state index in [4.69, 9.17) is 0 Å². The Kier molecular flexibility index (Phi) is 3.51. The lowest BCUT2D eigenvalue weighted by Crippen LogP contribution is -2.46. The van der Waals surface area contributed by atoms with Crippen LogP contribution in [0, 0.1) is 17.8 Å². The number of rotatable bonds is 4. The molecular formula is C16H23N3O3S. The number of aryl methyl sites for hydroxylation is 1. The van der Waals surface area contributed by atoms with Crippen molar-refractivity contribution in [2.45, 2.75) is 38.8 Å². The summed E-state index contributed by atoms with van der Waals surface area (Å²) in [5, 5.41) is 4.25. The van der Waals surface area contributed by atoms with Crippen molar-refractivity contribution in [1.29, 1.82) is 0 Å². The van der Waals surface area contributed by atoms with Gasteiger partial charge in [-0.2, -0.15) is 5.10 Å². The summed E-state index contributed by atoms with van der Waals surface area (Å²) < 4.78 is 25.9. The number of sulfone groups is 1. The summed E-state index contributed by atoms with van der Waals surface area (Å²) in [5.41, 5.74) is 0.840. The standard InChI is InChI=1S/C16H23N3O3S/c1-2-18-9-12(8-17-18)15-10-23(21,22)6-5-19(15)16(20)14-7-13(14)11-3-4-11/h8-9,11,13-15H,2-7,10H2,1H3/t13-,14+,15+/m1/s1. The number of amides is 1. The molecule has 7 heteroatoms. The van der Waals surface area contributed by atoms with E-state index >= 15 is 0 Å². The van der Waals surface area contributed by atoms with Crippen molar-refractivity contribution < 1.29 is 13.2 Å². The molecule has 0 N–H and O–H groups in total. The maximum atomic E-state index is 12.9. The van der Waals surface area contributed by atoms with Crippen LogP contribution in [-0.2, 0) is 21.2 Å². The molecule has 126 valence electrons. The van der Waals surface area contributed by atoms with Crippen LogP contribution in [0.4, 0.5) is 0 Å². The van der Waals surface area contributed by atoms with Gasteiger partial charge in [-0.1, -0.05) is 0 Å². The zero-order valence-electron chi connectivity index (χ0n) is 13.4. The van der Waals surface area contributed by atoms with Crippen LogP contribution in [0.5, 0.6) is 0 Å². The fourth-order valence-electron chi connectivity index (χ4n) is 3.83. The zero-order chi connectivity index (χ0) is 16.2. The summed E-state index contributed by atoms with van der Waals surface area (Å²) in [6.45, 7) is 3.04. The summed E-state index contributed by atoms with van der Waals surface area (Å²) in [7, 11) is -3.10. The van der Waals surface area contributed by atoms with Crippen molar-refractivity contribution in [3.63, 3.8) is 0 Å². The third-order valence-electron chi connectivity index (χ3n) is 5.46. The summed E-state index contributed by atoms with van der Waals surface area (Å²) >= 11 is 0. The quantitative estimate of drug-likeness (QED) is 0.829. The van der Waals surface area contributed by atoms with Crippen molar-refractivity contribution >= 4 is 15.7 Å². The second-order valence-corrected chi connectivity index (χ2v) is 9.36. The summed E-state index contributed by atoms with van der Waals surface area (Å²) in [6, 6.07) is -0.373. The molecule has 0 radical (unpaired) electrons. The van der Waals surface area contributed by atoms with Gasteiger partial charge < -0.3 is 4.90 Å². The van der Waals surface area contributed by atoms with Gasteiger partial charge in [-0.3, -0.25) is 9.48 Å². The molecule has 1 aromatic rings. The first kappa shape index (κ1) is 15.2. The Morgan fingerprint density at radius 3 is 2.83 bits per heavy atom. The fourth-order valence-corrected chi connectivity index (χ4v) is 5.32. The average molecular weight is 337 g/mol. The minimum Gasteiger partial charge on any atom is -0.333 e. The summed E-state index contributed by atoms with van der Waals surface area (Å²) in [6.07, 6.45) is 7.09. The van der Waals surface area contributed by atoms with E-state index in [1.54, 1.807) is 10.9 Å². The van der Waals surface area contributed by atoms with Gasteiger partial charge in [0.05, 0.1) is 23.7 Å². The van der Waals surface area contributed by atoms with Gasteiger partial charge in [0, 0.05) is 30.8 Å². The molecule has 1 amide bonds. The molecule has 0 unspecified atom stereocenters. The van der Waals surface area contributed by atoms with Crippen LogP contribution in [0.1, 0.15) is 37.8 Å². The van der Waals surface area contributed by atoms with Gasteiger partial charge >= 0.3 is 0 Å². The minimum atomic E-state index is -3.10. The highest BCUT2D eigenvalue weighted by atomic mass is 32.2. The smallest absolute Gasteiger partial charge is 0.226 e. The minimum absolute atomic E-state index is 0.0228. The van der Waals surface area contributed by atoms with Gasteiger partial charge in [0.2, 0.25) is 5.91 Å². The van der Waals surface area contributed by atoms with Crippen molar-refractivity contribution in [3.05, 3.63) is 18.0 Å². The Bertz CT molecular complexity index is 723. The third kappa shape index (κ3) is 2.91. The Morgan fingerprint density at radius 2 is 2.17 bits per heavy atom. The van der Waals surface area contributed by atoms with Crippen molar-refractivity contribution in [3.8, 4) is 0 Å². The first-order valence-electron chi connectivity index (χ1n) is 8.52. The van der Waals surface area contributed by atoms with E-state index in [0.29, 0.717) is 12.5 Å². The molecule has 2 saturated carbocycles. The molecule has 1 saturated heterocycles. The van der Waals surface area contributed by atoms with Gasteiger partial charge in [-0.25, -0.2) is 8.42 Å². The van der Waals surface area contributed by atoms with Crippen LogP contribution in [-0.4, -0.2) is 47.1 Å². The lowest BCUT2D eigenvalue weighted by molar-refractivity contribution is -0.135. The van der Waals surface area contributed by atoms with Gasteiger partial charge in [0.25, 0.3) is 0 Å². The van der Waals surface area contributed by atoms with Gasteiger partial charge in [0.15, 0.2) is 9.84 Å². The molecule has 2 aliphatic carbocycles. The normalized spacial score (nSPS) is 32.7. The SMILES string of the molecule is CCn1cc([C@@H]2CS(=O)(=O)CCN2C(=O)[C@H]2C[C@@H]2C2CC2)cn1.